The molecular formula is C16H20O3. The van der Waals surface area contributed by atoms with Crippen LogP contribution in [0.4, 0.5) is 0 Å². The van der Waals surface area contributed by atoms with Crippen molar-refractivity contribution in [1.29, 1.82) is 0 Å². The van der Waals surface area contributed by atoms with Crippen molar-refractivity contribution in [2.45, 2.75) is 27.2 Å². The summed E-state index contributed by atoms with van der Waals surface area (Å²) in [5, 5.41) is 12.0. The Hall–Kier alpha value is -1.90. The van der Waals surface area contributed by atoms with E-state index in [2.05, 4.69) is 13.0 Å². The van der Waals surface area contributed by atoms with Gasteiger partial charge in [-0.3, -0.25) is 0 Å². The van der Waals surface area contributed by atoms with Crippen LogP contribution in [0.5, 0.6) is 17.2 Å². The van der Waals surface area contributed by atoms with Crippen molar-refractivity contribution < 1.29 is 14.6 Å². The van der Waals surface area contributed by atoms with E-state index in [1.54, 1.807) is 6.07 Å². The molecule has 0 aliphatic heterocycles. The van der Waals surface area contributed by atoms with Crippen molar-refractivity contribution >= 4 is 10.8 Å². The van der Waals surface area contributed by atoms with Gasteiger partial charge in [0, 0.05) is 16.8 Å². The first-order valence-corrected chi connectivity index (χ1v) is 6.75. The summed E-state index contributed by atoms with van der Waals surface area (Å²) in [5.41, 5.74) is 1.22. The van der Waals surface area contributed by atoms with E-state index >= 15 is 0 Å². The van der Waals surface area contributed by atoms with Gasteiger partial charge in [-0.25, -0.2) is 0 Å². The average molecular weight is 260 g/mol. The minimum absolute atomic E-state index is 0.183. The number of hydrogen-bond donors (Lipinski definition) is 1. The van der Waals surface area contributed by atoms with Crippen molar-refractivity contribution in [3.8, 4) is 17.2 Å². The van der Waals surface area contributed by atoms with Gasteiger partial charge in [-0.1, -0.05) is 19.1 Å². The first-order valence-electron chi connectivity index (χ1n) is 6.75. The topological polar surface area (TPSA) is 38.7 Å². The van der Waals surface area contributed by atoms with Crippen LogP contribution in [0.2, 0.25) is 0 Å². The van der Waals surface area contributed by atoms with Crippen LogP contribution in [0.1, 0.15) is 26.3 Å². The van der Waals surface area contributed by atoms with Crippen LogP contribution in [0.3, 0.4) is 0 Å². The minimum Gasteiger partial charge on any atom is -0.504 e. The van der Waals surface area contributed by atoms with Crippen molar-refractivity contribution in [1.82, 2.24) is 0 Å². The molecule has 0 unspecified atom stereocenters. The second-order valence-corrected chi connectivity index (χ2v) is 4.32. The number of ether oxygens (including phenoxy) is 2. The van der Waals surface area contributed by atoms with E-state index in [0.717, 1.165) is 22.9 Å². The molecule has 19 heavy (non-hydrogen) atoms. The lowest BCUT2D eigenvalue weighted by Gasteiger charge is -2.14. The summed E-state index contributed by atoms with van der Waals surface area (Å²) in [6.07, 6.45) is 0.954. The van der Waals surface area contributed by atoms with Gasteiger partial charge in [0.2, 0.25) is 0 Å². The Morgan fingerprint density at radius 2 is 1.58 bits per heavy atom. The van der Waals surface area contributed by atoms with Crippen LogP contribution < -0.4 is 9.47 Å². The number of hydrogen-bond acceptors (Lipinski definition) is 3. The van der Waals surface area contributed by atoms with Gasteiger partial charge in [-0.05, 0) is 31.9 Å². The van der Waals surface area contributed by atoms with E-state index in [1.807, 2.05) is 26.0 Å². The van der Waals surface area contributed by atoms with Crippen LogP contribution in [0.15, 0.2) is 24.3 Å². The molecule has 0 radical (unpaired) electrons. The highest BCUT2D eigenvalue weighted by atomic mass is 16.5. The van der Waals surface area contributed by atoms with Gasteiger partial charge in [0.25, 0.3) is 0 Å². The molecule has 0 aromatic heterocycles. The lowest BCUT2D eigenvalue weighted by Crippen LogP contribution is -1.97. The molecule has 0 saturated carbocycles. The quantitative estimate of drug-likeness (QED) is 0.886. The van der Waals surface area contributed by atoms with Gasteiger partial charge in [0.05, 0.1) is 13.2 Å². The molecule has 2 rings (SSSR count). The smallest absolute Gasteiger partial charge is 0.165 e. The summed E-state index contributed by atoms with van der Waals surface area (Å²) < 4.78 is 11.1. The largest absolute Gasteiger partial charge is 0.504 e. The number of fused-ring (bicyclic) bond motifs is 1. The van der Waals surface area contributed by atoms with Gasteiger partial charge >= 0.3 is 0 Å². The lowest BCUT2D eigenvalue weighted by molar-refractivity contribution is 0.311. The molecule has 0 atom stereocenters. The third kappa shape index (κ3) is 2.60. The fourth-order valence-electron chi connectivity index (χ4n) is 2.16. The standard InChI is InChI=1S/C16H20O3/c1-4-11-7-8-12-13(9-11)14(18-5-2)10-15(16(12)17)19-6-3/h7-10,17H,4-6H2,1-3H3. The molecular weight excluding hydrogens is 240 g/mol. The maximum absolute atomic E-state index is 10.3. The Labute approximate surface area is 113 Å². The fraction of sp³-hybridized carbons (Fsp3) is 0.375. The maximum atomic E-state index is 10.3. The van der Waals surface area contributed by atoms with Crippen LogP contribution in [-0.2, 0) is 6.42 Å². The summed E-state index contributed by atoms with van der Waals surface area (Å²) in [4.78, 5) is 0. The number of benzene rings is 2. The molecule has 0 fully saturated rings. The molecule has 0 aliphatic rings. The lowest BCUT2D eigenvalue weighted by atomic mass is 10.0. The summed E-state index contributed by atoms with van der Waals surface area (Å²) in [6.45, 7) is 7.04. The molecule has 0 amide bonds. The average Bonchev–Trinajstić information content (AvgIpc) is 2.43. The van der Waals surface area contributed by atoms with Crippen LogP contribution >= 0.6 is 0 Å². The SMILES string of the molecule is CCOc1cc(OCC)c2cc(CC)ccc2c1O. The van der Waals surface area contributed by atoms with E-state index in [0.29, 0.717) is 19.0 Å². The second kappa shape index (κ2) is 5.83. The molecule has 3 nitrogen and oxygen atoms in total. The monoisotopic (exact) mass is 260 g/mol. The van der Waals surface area contributed by atoms with Crippen molar-refractivity contribution in [3.63, 3.8) is 0 Å². The molecule has 0 aliphatic carbocycles. The molecule has 1 N–H and O–H groups in total. The number of phenols is 1. The van der Waals surface area contributed by atoms with Crippen LogP contribution in [-0.4, -0.2) is 18.3 Å². The third-order valence-electron chi connectivity index (χ3n) is 3.11. The Morgan fingerprint density at radius 3 is 2.21 bits per heavy atom. The molecule has 2 aromatic carbocycles. The molecule has 2 aromatic rings. The Balaban J connectivity index is 2.68. The number of aryl methyl sites for hydroxylation is 1. The highest BCUT2D eigenvalue weighted by molar-refractivity contribution is 5.95. The second-order valence-electron chi connectivity index (χ2n) is 4.32. The Morgan fingerprint density at radius 1 is 0.895 bits per heavy atom. The zero-order valence-electron chi connectivity index (χ0n) is 11.7. The van der Waals surface area contributed by atoms with E-state index in [9.17, 15) is 5.11 Å². The Kier molecular flexibility index (Phi) is 4.15. The van der Waals surface area contributed by atoms with Gasteiger partial charge in [-0.2, -0.15) is 0 Å². The van der Waals surface area contributed by atoms with Gasteiger partial charge < -0.3 is 14.6 Å². The van der Waals surface area contributed by atoms with E-state index in [-0.39, 0.29) is 5.75 Å². The van der Waals surface area contributed by atoms with Crippen molar-refractivity contribution in [2.75, 3.05) is 13.2 Å². The number of rotatable bonds is 5. The summed E-state index contributed by atoms with van der Waals surface area (Å²) in [7, 11) is 0. The molecule has 0 spiro atoms. The van der Waals surface area contributed by atoms with E-state index < -0.39 is 0 Å². The van der Waals surface area contributed by atoms with Crippen molar-refractivity contribution in [3.05, 3.63) is 29.8 Å². The third-order valence-corrected chi connectivity index (χ3v) is 3.11. The van der Waals surface area contributed by atoms with Crippen LogP contribution in [0, 0.1) is 0 Å². The molecule has 0 bridgehead atoms. The number of aromatic hydroxyl groups is 1. The molecule has 0 heterocycles. The highest BCUT2D eigenvalue weighted by Gasteiger charge is 2.13. The Bertz CT molecular complexity index is 576. The maximum Gasteiger partial charge on any atom is 0.165 e. The predicted molar refractivity (Wildman–Crippen MR) is 77.3 cm³/mol. The minimum atomic E-state index is 0.183. The molecule has 0 saturated heterocycles. The molecule has 3 heteroatoms. The van der Waals surface area contributed by atoms with Crippen molar-refractivity contribution in [2.24, 2.45) is 0 Å². The van der Waals surface area contributed by atoms with Gasteiger partial charge in [0.1, 0.15) is 5.75 Å². The highest BCUT2D eigenvalue weighted by Crippen LogP contribution is 2.41. The first kappa shape index (κ1) is 13.5. The zero-order chi connectivity index (χ0) is 13.8. The van der Waals surface area contributed by atoms with E-state index in [1.165, 1.54) is 5.56 Å². The number of phenolic OH excluding ortho intramolecular Hbond substituents is 1. The van der Waals surface area contributed by atoms with Gasteiger partial charge in [0.15, 0.2) is 11.5 Å². The van der Waals surface area contributed by atoms with E-state index in [4.69, 9.17) is 9.47 Å². The van der Waals surface area contributed by atoms with Gasteiger partial charge in [-0.15, -0.1) is 0 Å². The normalized spacial score (nSPS) is 10.7. The van der Waals surface area contributed by atoms with Crippen LogP contribution in [0.25, 0.3) is 10.8 Å². The predicted octanol–water partition coefficient (Wildman–Crippen LogP) is 3.91. The first-order chi connectivity index (χ1) is 9.21. The summed E-state index contributed by atoms with van der Waals surface area (Å²) in [6, 6.07) is 7.78. The summed E-state index contributed by atoms with van der Waals surface area (Å²) in [5.74, 6) is 1.42. The summed E-state index contributed by atoms with van der Waals surface area (Å²) >= 11 is 0. The zero-order valence-corrected chi connectivity index (χ0v) is 11.7. The molecule has 102 valence electrons. The fourth-order valence-corrected chi connectivity index (χ4v) is 2.16.